The lowest BCUT2D eigenvalue weighted by Gasteiger charge is -1.90. The molecule has 0 aliphatic rings. The number of hydrogen-bond donors (Lipinski definition) is 0. The summed E-state index contributed by atoms with van der Waals surface area (Å²) in [5.74, 6) is 0. The Hall–Kier alpha value is -2.17. The zero-order valence-corrected chi connectivity index (χ0v) is 8.12. The summed E-state index contributed by atoms with van der Waals surface area (Å²) in [5, 5.41) is 14.5. The lowest BCUT2D eigenvalue weighted by molar-refractivity contribution is -0.400. The van der Waals surface area contributed by atoms with Gasteiger partial charge in [-0.1, -0.05) is 6.07 Å². The Kier molecular flexibility index (Phi) is 2.21. The molecule has 0 aliphatic heterocycles. The molecule has 5 heteroatoms. The minimum atomic E-state index is -0.480. The van der Waals surface area contributed by atoms with Crippen LogP contribution in [-0.4, -0.2) is 14.5 Å². The number of nitro groups is 1. The second-order valence-corrected chi connectivity index (χ2v) is 3.13. The van der Waals surface area contributed by atoms with Crippen LogP contribution in [0.5, 0.6) is 0 Å². The molecule has 0 saturated heterocycles. The van der Waals surface area contributed by atoms with E-state index < -0.39 is 4.92 Å². The first-order chi connectivity index (χ1) is 7.18. The average Bonchev–Trinajstić information content (AvgIpc) is 2.50. The molecular weight excluding hydrogens is 194 g/mol. The molecule has 0 fully saturated rings. The van der Waals surface area contributed by atoms with Crippen LogP contribution >= 0.6 is 0 Å². The zero-order valence-electron chi connectivity index (χ0n) is 8.12. The van der Waals surface area contributed by atoms with Gasteiger partial charge in [-0.3, -0.25) is 10.1 Å². The van der Waals surface area contributed by atoms with E-state index in [0.717, 1.165) is 23.0 Å². The molecule has 2 rings (SSSR count). The normalized spacial score (nSPS) is 11.3. The molecule has 2 heterocycles. The fraction of sp³-hybridized carbons (Fsp3) is 0.100. The summed E-state index contributed by atoms with van der Waals surface area (Å²) >= 11 is 0. The lowest BCUT2D eigenvalue weighted by atomic mass is 10.2. The topological polar surface area (TPSA) is 60.4 Å². The Bertz CT molecular complexity index is 543. The Labute approximate surface area is 85.8 Å². The van der Waals surface area contributed by atoms with E-state index in [1.54, 1.807) is 4.52 Å². The fourth-order valence-corrected chi connectivity index (χ4v) is 1.48. The predicted molar refractivity (Wildman–Crippen MR) is 56.0 cm³/mol. The molecule has 5 nitrogen and oxygen atoms in total. The summed E-state index contributed by atoms with van der Waals surface area (Å²) in [6.07, 6.45) is 4.21. The molecule has 0 bridgehead atoms. The van der Waals surface area contributed by atoms with Gasteiger partial charge >= 0.3 is 0 Å². The molecule has 0 N–H and O–H groups in total. The SMILES string of the molecule is Cc1nn2ccccc2c1/C=C/[N+](=O)[O-]. The maximum atomic E-state index is 10.2. The summed E-state index contributed by atoms with van der Waals surface area (Å²) in [4.78, 5) is 9.75. The van der Waals surface area contributed by atoms with Crippen molar-refractivity contribution in [2.75, 3.05) is 0 Å². The van der Waals surface area contributed by atoms with Gasteiger partial charge in [0.15, 0.2) is 0 Å². The monoisotopic (exact) mass is 203 g/mol. The average molecular weight is 203 g/mol. The molecule has 0 unspecified atom stereocenters. The van der Waals surface area contributed by atoms with Crippen LogP contribution in [0.4, 0.5) is 0 Å². The van der Waals surface area contributed by atoms with Crippen molar-refractivity contribution >= 4 is 11.6 Å². The first-order valence-corrected chi connectivity index (χ1v) is 4.44. The number of pyridine rings is 1. The van der Waals surface area contributed by atoms with E-state index in [9.17, 15) is 10.1 Å². The molecule has 0 atom stereocenters. The maximum Gasteiger partial charge on any atom is 0.235 e. The van der Waals surface area contributed by atoms with E-state index in [-0.39, 0.29) is 0 Å². The molecule has 0 spiro atoms. The van der Waals surface area contributed by atoms with Crippen molar-refractivity contribution in [2.24, 2.45) is 0 Å². The quantitative estimate of drug-likeness (QED) is 0.553. The molecule has 0 amide bonds. The van der Waals surface area contributed by atoms with Crippen molar-refractivity contribution in [2.45, 2.75) is 6.92 Å². The molecule has 76 valence electrons. The largest absolute Gasteiger partial charge is 0.259 e. The Morgan fingerprint density at radius 1 is 1.53 bits per heavy atom. The fourth-order valence-electron chi connectivity index (χ4n) is 1.48. The minimum absolute atomic E-state index is 0.480. The van der Waals surface area contributed by atoms with E-state index in [1.807, 2.05) is 31.3 Å². The van der Waals surface area contributed by atoms with Gasteiger partial charge in [0.1, 0.15) is 0 Å². The summed E-state index contributed by atoms with van der Waals surface area (Å²) < 4.78 is 1.70. The van der Waals surface area contributed by atoms with Gasteiger partial charge in [-0.05, 0) is 19.1 Å². The van der Waals surface area contributed by atoms with Gasteiger partial charge in [0.2, 0.25) is 6.20 Å². The van der Waals surface area contributed by atoms with Crippen LogP contribution in [0.3, 0.4) is 0 Å². The van der Waals surface area contributed by atoms with E-state index in [2.05, 4.69) is 5.10 Å². The zero-order chi connectivity index (χ0) is 10.8. The van der Waals surface area contributed by atoms with Crippen molar-refractivity contribution in [3.63, 3.8) is 0 Å². The van der Waals surface area contributed by atoms with Gasteiger partial charge < -0.3 is 0 Å². The third kappa shape index (κ3) is 1.71. The van der Waals surface area contributed by atoms with Gasteiger partial charge in [0.25, 0.3) is 0 Å². The summed E-state index contributed by atoms with van der Waals surface area (Å²) in [6.45, 7) is 1.83. The van der Waals surface area contributed by atoms with Gasteiger partial charge in [0.05, 0.1) is 16.1 Å². The van der Waals surface area contributed by atoms with Crippen molar-refractivity contribution in [3.05, 3.63) is 52.0 Å². The number of rotatable bonds is 2. The van der Waals surface area contributed by atoms with E-state index in [4.69, 9.17) is 0 Å². The molecule has 2 aromatic heterocycles. The first kappa shape index (κ1) is 9.39. The van der Waals surface area contributed by atoms with Gasteiger partial charge in [-0.2, -0.15) is 5.10 Å². The Morgan fingerprint density at radius 2 is 2.33 bits per heavy atom. The maximum absolute atomic E-state index is 10.2. The molecule has 0 aromatic carbocycles. The molecule has 15 heavy (non-hydrogen) atoms. The lowest BCUT2D eigenvalue weighted by Crippen LogP contribution is -1.84. The standard InChI is InChI=1S/C10H9N3O2/c1-8-9(5-7-13(14)15)10-4-2-3-6-12(10)11-8/h2-7H,1H3/b7-5+. The van der Waals surface area contributed by atoms with Crippen LogP contribution in [-0.2, 0) is 0 Å². The molecule has 2 aromatic rings. The van der Waals surface area contributed by atoms with E-state index in [1.165, 1.54) is 6.08 Å². The van der Waals surface area contributed by atoms with Gasteiger partial charge in [0, 0.05) is 17.8 Å². The third-order valence-corrected chi connectivity index (χ3v) is 2.13. The van der Waals surface area contributed by atoms with Crippen molar-refractivity contribution in [3.8, 4) is 0 Å². The predicted octanol–water partition coefficient (Wildman–Crippen LogP) is 1.89. The highest BCUT2D eigenvalue weighted by Crippen LogP contribution is 2.16. The Balaban J connectivity index is 2.59. The highest BCUT2D eigenvalue weighted by atomic mass is 16.6. The van der Waals surface area contributed by atoms with E-state index >= 15 is 0 Å². The third-order valence-electron chi connectivity index (χ3n) is 2.13. The number of aryl methyl sites for hydroxylation is 1. The molecule has 0 saturated carbocycles. The highest BCUT2D eigenvalue weighted by Gasteiger charge is 2.06. The van der Waals surface area contributed by atoms with Crippen molar-refractivity contribution in [1.29, 1.82) is 0 Å². The molecule has 0 radical (unpaired) electrons. The van der Waals surface area contributed by atoms with Crippen LogP contribution in [0.2, 0.25) is 0 Å². The number of fused-ring (bicyclic) bond motifs is 1. The first-order valence-electron chi connectivity index (χ1n) is 4.44. The molecule has 0 aliphatic carbocycles. The summed E-state index contributed by atoms with van der Waals surface area (Å²) in [6, 6.07) is 5.61. The van der Waals surface area contributed by atoms with Crippen LogP contribution in [0.15, 0.2) is 30.6 Å². The van der Waals surface area contributed by atoms with Crippen molar-refractivity contribution < 1.29 is 4.92 Å². The second kappa shape index (κ2) is 3.53. The van der Waals surface area contributed by atoms with Crippen LogP contribution in [0, 0.1) is 17.0 Å². The summed E-state index contributed by atoms with van der Waals surface area (Å²) in [5.41, 5.74) is 2.43. The van der Waals surface area contributed by atoms with Gasteiger partial charge in [-0.25, -0.2) is 4.52 Å². The minimum Gasteiger partial charge on any atom is -0.259 e. The van der Waals surface area contributed by atoms with Crippen LogP contribution in [0.25, 0.3) is 11.6 Å². The van der Waals surface area contributed by atoms with Crippen molar-refractivity contribution in [1.82, 2.24) is 9.61 Å². The Morgan fingerprint density at radius 3 is 3.07 bits per heavy atom. The van der Waals surface area contributed by atoms with E-state index in [0.29, 0.717) is 0 Å². The second-order valence-electron chi connectivity index (χ2n) is 3.13. The smallest absolute Gasteiger partial charge is 0.235 e. The number of hydrogen-bond acceptors (Lipinski definition) is 3. The van der Waals surface area contributed by atoms with Crippen LogP contribution < -0.4 is 0 Å². The van der Waals surface area contributed by atoms with Gasteiger partial charge in [-0.15, -0.1) is 0 Å². The number of aromatic nitrogens is 2. The number of nitrogens with zero attached hydrogens (tertiary/aromatic N) is 3. The summed E-state index contributed by atoms with van der Waals surface area (Å²) in [7, 11) is 0. The van der Waals surface area contributed by atoms with Crippen LogP contribution in [0.1, 0.15) is 11.3 Å². The highest BCUT2D eigenvalue weighted by molar-refractivity contribution is 5.70. The molecular formula is C10H9N3O2.